The number of nitrogens with one attached hydrogen (secondary N) is 1. The third-order valence-electron chi connectivity index (χ3n) is 2.95. The van der Waals surface area contributed by atoms with E-state index in [1.165, 1.54) is 11.1 Å². The van der Waals surface area contributed by atoms with Gasteiger partial charge in [-0.15, -0.1) is 0 Å². The van der Waals surface area contributed by atoms with Gasteiger partial charge in [0.15, 0.2) is 0 Å². The van der Waals surface area contributed by atoms with Crippen molar-refractivity contribution in [2.75, 3.05) is 0 Å². The summed E-state index contributed by atoms with van der Waals surface area (Å²) in [7, 11) is 0. The first kappa shape index (κ1) is 13.7. The van der Waals surface area contributed by atoms with Crippen LogP contribution in [0.25, 0.3) is 0 Å². The molecule has 94 valence electrons. The maximum atomic E-state index is 11.6. The Balaban J connectivity index is 2.47. The summed E-state index contributed by atoms with van der Waals surface area (Å²) in [6.07, 6.45) is 2.23. The second-order valence-electron chi connectivity index (χ2n) is 4.27. The summed E-state index contributed by atoms with van der Waals surface area (Å²) in [5.74, 6) is 0.0326. The number of carbonyl (C=O) groups excluding carboxylic acids is 1. The molecule has 1 rings (SSSR count). The highest BCUT2D eigenvalue weighted by atomic mass is 16.1. The van der Waals surface area contributed by atoms with Crippen molar-refractivity contribution in [3.63, 3.8) is 0 Å². The molecule has 1 amide bonds. The Morgan fingerprint density at radius 2 is 1.94 bits per heavy atom. The molecule has 0 fully saturated rings. The lowest BCUT2D eigenvalue weighted by Crippen LogP contribution is -2.31. The summed E-state index contributed by atoms with van der Waals surface area (Å²) in [4.78, 5) is 11.6. The quantitative estimate of drug-likeness (QED) is 0.791. The van der Waals surface area contributed by atoms with Crippen LogP contribution in [-0.2, 0) is 17.8 Å². The molecule has 3 nitrogen and oxygen atoms in total. The van der Waals surface area contributed by atoms with Crippen molar-refractivity contribution in [1.29, 1.82) is 0 Å². The molecule has 0 spiro atoms. The van der Waals surface area contributed by atoms with Crippen LogP contribution in [0.3, 0.4) is 0 Å². The second kappa shape index (κ2) is 7.07. The minimum Gasteiger partial charge on any atom is -0.352 e. The van der Waals surface area contributed by atoms with Gasteiger partial charge in [0.25, 0.3) is 0 Å². The van der Waals surface area contributed by atoms with E-state index in [-0.39, 0.29) is 11.9 Å². The minimum absolute atomic E-state index is 0.0311. The third kappa shape index (κ3) is 4.57. The molecule has 0 aliphatic heterocycles. The standard InChI is InChI=1S/C14H22N2O/c1-3-11-7-5-6-8-12(11)10-16-14(17)9-13(15)4-2/h5-8,13H,3-4,9-10,15H2,1-2H3,(H,16,17). The molecule has 1 atom stereocenters. The second-order valence-corrected chi connectivity index (χ2v) is 4.27. The van der Waals surface area contributed by atoms with Gasteiger partial charge in [0.2, 0.25) is 5.91 Å². The number of hydrogen-bond acceptors (Lipinski definition) is 2. The molecular formula is C14H22N2O. The van der Waals surface area contributed by atoms with E-state index >= 15 is 0 Å². The van der Waals surface area contributed by atoms with Gasteiger partial charge in [-0.3, -0.25) is 4.79 Å². The summed E-state index contributed by atoms with van der Waals surface area (Å²) in [5.41, 5.74) is 8.21. The zero-order valence-electron chi connectivity index (χ0n) is 10.7. The maximum Gasteiger partial charge on any atom is 0.221 e. The van der Waals surface area contributed by atoms with Crippen molar-refractivity contribution < 1.29 is 4.79 Å². The van der Waals surface area contributed by atoms with Crippen LogP contribution in [0, 0.1) is 0 Å². The van der Waals surface area contributed by atoms with E-state index < -0.39 is 0 Å². The zero-order valence-corrected chi connectivity index (χ0v) is 10.7. The Morgan fingerprint density at radius 3 is 2.53 bits per heavy atom. The number of amides is 1. The maximum absolute atomic E-state index is 11.6. The molecular weight excluding hydrogens is 212 g/mol. The molecule has 1 aromatic rings. The minimum atomic E-state index is -0.0311. The van der Waals surface area contributed by atoms with Gasteiger partial charge in [-0.1, -0.05) is 38.1 Å². The molecule has 0 radical (unpaired) electrons. The highest BCUT2D eigenvalue weighted by Gasteiger charge is 2.07. The van der Waals surface area contributed by atoms with E-state index in [4.69, 9.17) is 5.73 Å². The molecule has 0 aliphatic rings. The SMILES string of the molecule is CCc1ccccc1CNC(=O)CC(N)CC. The van der Waals surface area contributed by atoms with Gasteiger partial charge in [-0.2, -0.15) is 0 Å². The molecule has 1 aromatic carbocycles. The summed E-state index contributed by atoms with van der Waals surface area (Å²) in [5, 5.41) is 2.92. The average molecular weight is 234 g/mol. The number of benzene rings is 1. The average Bonchev–Trinajstić information content (AvgIpc) is 2.36. The molecule has 0 bridgehead atoms. The number of carbonyl (C=O) groups is 1. The summed E-state index contributed by atoms with van der Waals surface area (Å²) < 4.78 is 0. The lowest BCUT2D eigenvalue weighted by Gasteiger charge is -2.11. The summed E-state index contributed by atoms with van der Waals surface area (Å²) in [6.45, 7) is 4.71. The highest BCUT2D eigenvalue weighted by molar-refractivity contribution is 5.76. The number of nitrogens with two attached hydrogens (primary N) is 1. The van der Waals surface area contributed by atoms with Crippen LogP contribution < -0.4 is 11.1 Å². The molecule has 3 heteroatoms. The van der Waals surface area contributed by atoms with Gasteiger partial charge in [-0.25, -0.2) is 0 Å². The van der Waals surface area contributed by atoms with Crippen LogP contribution in [0.1, 0.15) is 37.8 Å². The molecule has 1 unspecified atom stereocenters. The first-order valence-corrected chi connectivity index (χ1v) is 6.26. The molecule has 0 saturated heterocycles. The molecule has 3 N–H and O–H groups in total. The predicted molar refractivity (Wildman–Crippen MR) is 70.6 cm³/mol. The van der Waals surface area contributed by atoms with Gasteiger partial charge < -0.3 is 11.1 Å². The van der Waals surface area contributed by atoms with Crippen molar-refractivity contribution in [2.45, 2.75) is 45.7 Å². The molecule has 0 heterocycles. The van der Waals surface area contributed by atoms with Gasteiger partial charge >= 0.3 is 0 Å². The van der Waals surface area contributed by atoms with Crippen LogP contribution in [0.15, 0.2) is 24.3 Å². The van der Waals surface area contributed by atoms with E-state index in [1.54, 1.807) is 0 Å². The Morgan fingerprint density at radius 1 is 1.29 bits per heavy atom. The van der Waals surface area contributed by atoms with Gasteiger partial charge in [0.1, 0.15) is 0 Å². The normalized spacial score (nSPS) is 12.2. The smallest absolute Gasteiger partial charge is 0.221 e. The lowest BCUT2D eigenvalue weighted by atomic mass is 10.1. The lowest BCUT2D eigenvalue weighted by molar-refractivity contribution is -0.121. The van der Waals surface area contributed by atoms with Crippen LogP contribution >= 0.6 is 0 Å². The van der Waals surface area contributed by atoms with Crippen LogP contribution in [-0.4, -0.2) is 11.9 Å². The van der Waals surface area contributed by atoms with E-state index in [1.807, 2.05) is 19.1 Å². The Bertz CT molecular complexity index is 363. The summed E-state index contributed by atoms with van der Waals surface area (Å²) >= 11 is 0. The largest absolute Gasteiger partial charge is 0.352 e. The first-order valence-electron chi connectivity index (χ1n) is 6.26. The van der Waals surface area contributed by atoms with Crippen molar-refractivity contribution in [2.24, 2.45) is 5.73 Å². The van der Waals surface area contributed by atoms with Crippen molar-refractivity contribution in [1.82, 2.24) is 5.32 Å². The monoisotopic (exact) mass is 234 g/mol. The molecule has 17 heavy (non-hydrogen) atoms. The highest BCUT2D eigenvalue weighted by Crippen LogP contribution is 2.09. The first-order chi connectivity index (χ1) is 8.17. The Kier molecular flexibility index (Phi) is 5.70. The molecule has 0 aromatic heterocycles. The van der Waals surface area contributed by atoms with Gasteiger partial charge in [-0.05, 0) is 24.0 Å². The van der Waals surface area contributed by atoms with E-state index in [0.29, 0.717) is 13.0 Å². The molecule has 0 aliphatic carbocycles. The summed E-state index contributed by atoms with van der Waals surface area (Å²) in [6, 6.07) is 8.14. The van der Waals surface area contributed by atoms with Gasteiger partial charge in [0.05, 0.1) is 0 Å². The number of rotatable bonds is 6. The van der Waals surface area contributed by atoms with E-state index in [9.17, 15) is 4.79 Å². The molecule has 0 saturated carbocycles. The van der Waals surface area contributed by atoms with Crippen molar-refractivity contribution in [3.05, 3.63) is 35.4 Å². The Labute approximate surface area is 103 Å². The van der Waals surface area contributed by atoms with Crippen molar-refractivity contribution in [3.8, 4) is 0 Å². The third-order valence-corrected chi connectivity index (χ3v) is 2.95. The van der Waals surface area contributed by atoms with Gasteiger partial charge in [0, 0.05) is 19.0 Å². The fourth-order valence-electron chi connectivity index (χ4n) is 1.72. The van der Waals surface area contributed by atoms with E-state index in [0.717, 1.165) is 12.8 Å². The van der Waals surface area contributed by atoms with E-state index in [2.05, 4.69) is 24.4 Å². The van der Waals surface area contributed by atoms with Crippen LogP contribution in [0.2, 0.25) is 0 Å². The topological polar surface area (TPSA) is 55.1 Å². The predicted octanol–water partition coefficient (Wildman–Crippen LogP) is 1.99. The van der Waals surface area contributed by atoms with Crippen LogP contribution in [0.4, 0.5) is 0 Å². The Hall–Kier alpha value is -1.35. The number of hydrogen-bond donors (Lipinski definition) is 2. The zero-order chi connectivity index (χ0) is 12.7. The fourth-order valence-corrected chi connectivity index (χ4v) is 1.72. The fraction of sp³-hybridized carbons (Fsp3) is 0.500. The number of aryl methyl sites for hydroxylation is 1. The van der Waals surface area contributed by atoms with Crippen LogP contribution in [0.5, 0.6) is 0 Å². The van der Waals surface area contributed by atoms with Crippen molar-refractivity contribution >= 4 is 5.91 Å².